The Balaban J connectivity index is 3.71. The summed E-state index contributed by atoms with van der Waals surface area (Å²) in [5.41, 5.74) is 1.61. The minimum atomic E-state index is 0.835. The molecule has 0 aromatic heterocycles. The van der Waals surface area contributed by atoms with Gasteiger partial charge in [0.25, 0.3) is 0 Å². The van der Waals surface area contributed by atoms with Crippen LogP contribution in [0.5, 0.6) is 0 Å². The summed E-state index contributed by atoms with van der Waals surface area (Å²) < 4.78 is 0. The summed E-state index contributed by atoms with van der Waals surface area (Å²) in [6, 6.07) is 0. The summed E-state index contributed by atoms with van der Waals surface area (Å²) >= 11 is 0. The van der Waals surface area contributed by atoms with Gasteiger partial charge < -0.3 is 0 Å². The second kappa shape index (κ2) is 8.34. The summed E-state index contributed by atoms with van der Waals surface area (Å²) in [6.07, 6.45) is 10.4. The zero-order valence-electron chi connectivity index (χ0n) is 9.90. The van der Waals surface area contributed by atoms with Crippen LogP contribution in [0.2, 0.25) is 0 Å². The lowest BCUT2D eigenvalue weighted by molar-refractivity contribution is 0.567. The van der Waals surface area contributed by atoms with Gasteiger partial charge in [-0.25, -0.2) is 0 Å². The van der Waals surface area contributed by atoms with Crippen molar-refractivity contribution in [2.75, 3.05) is 0 Å². The molecule has 0 nitrogen and oxygen atoms in total. The highest BCUT2D eigenvalue weighted by Crippen LogP contribution is 2.19. The maximum Gasteiger partial charge on any atom is -0.0211 e. The molecule has 0 atom stereocenters. The standard InChI is InChI=1S/C13H26/c1-5-8-9-10-11-12(4)13(6-2)7-3/h11,13H,5-10H2,1-4H3. The molecule has 0 aliphatic heterocycles. The van der Waals surface area contributed by atoms with Crippen LogP contribution in [0.15, 0.2) is 11.6 Å². The Hall–Kier alpha value is -0.260. The molecule has 0 aromatic rings. The molecule has 0 radical (unpaired) electrons. The normalized spacial score (nSPS) is 12.5. The van der Waals surface area contributed by atoms with Crippen molar-refractivity contribution in [3.05, 3.63) is 11.6 Å². The minimum absolute atomic E-state index is 0.835. The Labute approximate surface area is 84.4 Å². The van der Waals surface area contributed by atoms with Crippen molar-refractivity contribution in [2.45, 2.75) is 66.2 Å². The van der Waals surface area contributed by atoms with Crippen LogP contribution in [0.1, 0.15) is 66.2 Å². The van der Waals surface area contributed by atoms with Crippen molar-refractivity contribution in [1.82, 2.24) is 0 Å². The highest BCUT2D eigenvalue weighted by atomic mass is 14.1. The predicted octanol–water partition coefficient (Wildman–Crippen LogP) is 4.95. The van der Waals surface area contributed by atoms with E-state index in [0.29, 0.717) is 0 Å². The fourth-order valence-electron chi connectivity index (χ4n) is 1.82. The van der Waals surface area contributed by atoms with Gasteiger partial charge in [-0.3, -0.25) is 0 Å². The second-order valence-corrected chi connectivity index (χ2v) is 3.96. The third-order valence-electron chi connectivity index (χ3n) is 2.90. The zero-order chi connectivity index (χ0) is 10.1. The first-order chi connectivity index (χ1) is 6.26. The van der Waals surface area contributed by atoms with E-state index in [0.717, 1.165) is 5.92 Å². The number of hydrogen-bond acceptors (Lipinski definition) is 0. The molecule has 0 heteroatoms. The molecule has 0 fully saturated rings. The second-order valence-electron chi connectivity index (χ2n) is 3.96. The van der Waals surface area contributed by atoms with E-state index in [4.69, 9.17) is 0 Å². The van der Waals surface area contributed by atoms with E-state index in [1.54, 1.807) is 5.57 Å². The fourth-order valence-corrected chi connectivity index (χ4v) is 1.82. The molecule has 0 rings (SSSR count). The van der Waals surface area contributed by atoms with Crippen molar-refractivity contribution < 1.29 is 0 Å². The molecule has 0 bridgehead atoms. The first-order valence-electron chi connectivity index (χ1n) is 5.92. The molecule has 0 unspecified atom stereocenters. The first-order valence-corrected chi connectivity index (χ1v) is 5.92. The summed E-state index contributed by atoms with van der Waals surface area (Å²) in [6.45, 7) is 9.14. The molecule has 0 aliphatic rings. The molecule has 0 aromatic carbocycles. The Kier molecular flexibility index (Phi) is 8.18. The highest BCUT2D eigenvalue weighted by molar-refractivity contribution is 5.02. The van der Waals surface area contributed by atoms with Crippen molar-refractivity contribution in [1.29, 1.82) is 0 Å². The number of allylic oxidation sites excluding steroid dienone is 2. The summed E-state index contributed by atoms with van der Waals surface area (Å²) in [5.74, 6) is 0.835. The third-order valence-corrected chi connectivity index (χ3v) is 2.90. The summed E-state index contributed by atoms with van der Waals surface area (Å²) in [5, 5.41) is 0. The van der Waals surface area contributed by atoms with Gasteiger partial charge in [-0.1, -0.05) is 45.3 Å². The number of hydrogen-bond donors (Lipinski definition) is 0. The summed E-state index contributed by atoms with van der Waals surface area (Å²) in [7, 11) is 0. The van der Waals surface area contributed by atoms with Gasteiger partial charge in [0, 0.05) is 0 Å². The van der Waals surface area contributed by atoms with Crippen LogP contribution in [-0.2, 0) is 0 Å². The lowest BCUT2D eigenvalue weighted by Crippen LogP contribution is -1.97. The molecule has 0 aliphatic carbocycles. The number of unbranched alkanes of at least 4 members (excludes halogenated alkanes) is 3. The highest BCUT2D eigenvalue weighted by Gasteiger charge is 2.03. The average Bonchev–Trinajstić information content (AvgIpc) is 2.14. The zero-order valence-corrected chi connectivity index (χ0v) is 9.90. The first kappa shape index (κ1) is 12.7. The van der Waals surface area contributed by atoms with Crippen LogP contribution >= 0.6 is 0 Å². The summed E-state index contributed by atoms with van der Waals surface area (Å²) in [4.78, 5) is 0. The molecule has 13 heavy (non-hydrogen) atoms. The van der Waals surface area contributed by atoms with E-state index < -0.39 is 0 Å². The Bertz CT molecular complexity index is 129. The van der Waals surface area contributed by atoms with Crippen LogP contribution in [0.25, 0.3) is 0 Å². The van der Waals surface area contributed by atoms with Gasteiger partial charge in [-0.15, -0.1) is 0 Å². The molecule has 0 saturated carbocycles. The maximum atomic E-state index is 2.45. The van der Waals surface area contributed by atoms with Crippen molar-refractivity contribution in [3.63, 3.8) is 0 Å². The van der Waals surface area contributed by atoms with E-state index in [1.165, 1.54) is 38.5 Å². The third kappa shape index (κ3) is 5.90. The SMILES string of the molecule is CCCCCC=C(C)C(CC)CC. The largest absolute Gasteiger partial charge is 0.0853 e. The van der Waals surface area contributed by atoms with Gasteiger partial charge in [0.05, 0.1) is 0 Å². The van der Waals surface area contributed by atoms with Gasteiger partial charge in [-0.05, 0) is 38.5 Å². The molecule has 0 N–H and O–H groups in total. The molecule has 0 heterocycles. The van der Waals surface area contributed by atoms with Crippen LogP contribution in [-0.4, -0.2) is 0 Å². The smallest absolute Gasteiger partial charge is 0.0211 e. The Morgan fingerprint density at radius 3 is 2.15 bits per heavy atom. The van der Waals surface area contributed by atoms with Crippen molar-refractivity contribution in [2.24, 2.45) is 5.92 Å². The van der Waals surface area contributed by atoms with Crippen molar-refractivity contribution >= 4 is 0 Å². The van der Waals surface area contributed by atoms with Gasteiger partial charge in [-0.2, -0.15) is 0 Å². The van der Waals surface area contributed by atoms with Crippen molar-refractivity contribution in [3.8, 4) is 0 Å². The Morgan fingerprint density at radius 2 is 1.69 bits per heavy atom. The van der Waals surface area contributed by atoms with Gasteiger partial charge in [0.15, 0.2) is 0 Å². The molecule has 78 valence electrons. The minimum Gasteiger partial charge on any atom is -0.0853 e. The van der Waals surface area contributed by atoms with E-state index in [1.807, 2.05) is 0 Å². The van der Waals surface area contributed by atoms with Gasteiger partial charge >= 0.3 is 0 Å². The maximum absolute atomic E-state index is 2.45. The van der Waals surface area contributed by atoms with Gasteiger partial charge in [0.1, 0.15) is 0 Å². The molecular formula is C13H26. The lowest BCUT2D eigenvalue weighted by Gasteiger charge is -2.12. The van der Waals surface area contributed by atoms with E-state index in [2.05, 4.69) is 33.8 Å². The molecule has 0 spiro atoms. The number of rotatable bonds is 7. The van der Waals surface area contributed by atoms with E-state index in [-0.39, 0.29) is 0 Å². The van der Waals surface area contributed by atoms with Crippen LogP contribution in [0.3, 0.4) is 0 Å². The predicted molar refractivity (Wildman–Crippen MR) is 62.0 cm³/mol. The van der Waals surface area contributed by atoms with E-state index >= 15 is 0 Å². The molecule has 0 amide bonds. The topological polar surface area (TPSA) is 0 Å². The Morgan fingerprint density at radius 1 is 1.08 bits per heavy atom. The van der Waals surface area contributed by atoms with Crippen LogP contribution in [0.4, 0.5) is 0 Å². The van der Waals surface area contributed by atoms with Crippen LogP contribution < -0.4 is 0 Å². The quantitative estimate of drug-likeness (QED) is 0.386. The lowest BCUT2D eigenvalue weighted by atomic mass is 9.94. The molecule has 0 saturated heterocycles. The van der Waals surface area contributed by atoms with E-state index in [9.17, 15) is 0 Å². The monoisotopic (exact) mass is 182 g/mol. The average molecular weight is 182 g/mol. The van der Waals surface area contributed by atoms with Crippen LogP contribution in [0, 0.1) is 5.92 Å². The molecular weight excluding hydrogens is 156 g/mol. The van der Waals surface area contributed by atoms with Gasteiger partial charge in [0.2, 0.25) is 0 Å². The fraction of sp³-hybridized carbons (Fsp3) is 0.846.